The molecule has 0 saturated carbocycles. The van der Waals surface area contributed by atoms with Crippen LogP contribution in [0.4, 0.5) is 0 Å². The standard InChI is InChI=1S/C26H28BNO6/c29-24(28-23(27(31)32)15-19-16-34-22-4-2-1-3-20(19)22)14-17-5-6-18-7-8-26(9-11-33-12-10-26)25(30)21(18)13-17/h1-6,13,16,23,31-32H,7-12,14-15H2,(H,28,29)/t23-/m0/s1. The molecule has 1 aliphatic carbocycles. The van der Waals surface area contributed by atoms with E-state index in [4.69, 9.17) is 9.15 Å². The summed E-state index contributed by atoms with van der Waals surface area (Å²) in [5.41, 5.74) is 3.62. The van der Waals surface area contributed by atoms with Crippen LogP contribution in [0.2, 0.25) is 0 Å². The van der Waals surface area contributed by atoms with E-state index in [-0.39, 0.29) is 29.9 Å². The first-order valence-corrected chi connectivity index (χ1v) is 11.8. The van der Waals surface area contributed by atoms with Gasteiger partial charge in [0.2, 0.25) is 5.91 Å². The minimum atomic E-state index is -1.73. The van der Waals surface area contributed by atoms with Gasteiger partial charge in [0.05, 0.1) is 18.6 Å². The zero-order valence-corrected chi connectivity index (χ0v) is 19.0. The molecule has 1 aliphatic heterocycles. The average Bonchev–Trinajstić information content (AvgIpc) is 3.25. The Bertz CT molecular complexity index is 1210. The number of para-hydroxylation sites is 1. The molecule has 7 nitrogen and oxygen atoms in total. The average molecular weight is 461 g/mol. The number of hydrogen-bond donors (Lipinski definition) is 3. The lowest BCUT2D eigenvalue weighted by molar-refractivity contribution is -0.120. The molecular formula is C26H28BNO6. The van der Waals surface area contributed by atoms with Gasteiger partial charge in [0.25, 0.3) is 0 Å². The number of benzene rings is 2. The molecular weight excluding hydrogens is 433 g/mol. The van der Waals surface area contributed by atoms with Gasteiger partial charge in [-0.3, -0.25) is 9.59 Å². The van der Waals surface area contributed by atoms with E-state index in [1.54, 1.807) is 6.26 Å². The summed E-state index contributed by atoms with van der Waals surface area (Å²) in [5, 5.41) is 23.4. The minimum Gasteiger partial charge on any atom is -0.464 e. The van der Waals surface area contributed by atoms with Crippen molar-refractivity contribution in [1.29, 1.82) is 0 Å². The van der Waals surface area contributed by atoms with Crippen LogP contribution < -0.4 is 5.32 Å². The predicted molar refractivity (Wildman–Crippen MR) is 127 cm³/mol. The molecule has 3 N–H and O–H groups in total. The van der Waals surface area contributed by atoms with E-state index in [0.717, 1.165) is 47.8 Å². The molecule has 1 aromatic heterocycles. The number of fused-ring (bicyclic) bond motifs is 2. The molecule has 0 bridgehead atoms. The molecule has 1 saturated heterocycles. The molecule has 0 unspecified atom stereocenters. The summed E-state index contributed by atoms with van der Waals surface area (Å²) >= 11 is 0. The highest BCUT2D eigenvalue weighted by Gasteiger charge is 2.43. The summed E-state index contributed by atoms with van der Waals surface area (Å²) in [4.78, 5) is 26.2. The maximum Gasteiger partial charge on any atom is 0.475 e. The second-order valence-electron chi connectivity index (χ2n) is 9.44. The summed E-state index contributed by atoms with van der Waals surface area (Å²) in [6.07, 6.45) is 5.03. The maximum absolute atomic E-state index is 13.4. The van der Waals surface area contributed by atoms with Gasteiger partial charge in [-0.1, -0.05) is 30.3 Å². The highest BCUT2D eigenvalue weighted by molar-refractivity contribution is 6.43. The lowest BCUT2D eigenvalue weighted by atomic mass is 9.66. The van der Waals surface area contributed by atoms with Crippen LogP contribution in [0.25, 0.3) is 11.0 Å². The van der Waals surface area contributed by atoms with Crippen LogP contribution in [-0.4, -0.2) is 48.0 Å². The first-order chi connectivity index (χ1) is 16.4. The van der Waals surface area contributed by atoms with E-state index in [1.165, 1.54) is 0 Å². The van der Waals surface area contributed by atoms with Crippen LogP contribution in [0.1, 0.15) is 46.3 Å². The Morgan fingerprint density at radius 2 is 1.91 bits per heavy atom. The highest BCUT2D eigenvalue weighted by Crippen LogP contribution is 2.43. The van der Waals surface area contributed by atoms with Crippen LogP contribution in [0.3, 0.4) is 0 Å². The number of rotatable bonds is 6. The number of ketones is 1. The second-order valence-corrected chi connectivity index (χ2v) is 9.44. The van der Waals surface area contributed by atoms with Gasteiger partial charge in [0.1, 0.15) is 5.58 Å². The Hall–Kier alpha value is -2.94. The lowest BCUT2D eigenvalue weighted by Gasteiger charge is -2.39. The van der Waals surface area contributed by atoms with Crippen molar-refractivity contribution in [2.75, 3.05) is 13.2 Å². The van der Waals surface area contributed by atoms with E-state index in [2.05, 4.69) is 5.32 Å². The SMILES string of the molecule is O=C(Cc1ccc2c(c1)C(=O)C1(CCOCC1)CC2)N[C@@H](Cc1coc2ccccc12)B(O)O. The van der Waals surface area contributed by atoms with E-state index in [9.17, 15) is 19.6 Å². The molecule has 1 fully saturated rings. The molecule has 3 aromatic rings. The topological polar surface area (TPSA) is 109 Å². The maximum atomic E-state index is 13.4. The van der Waals surface area contributed by atoms with Gasteiger partial charge >= 0.3 is 7.12 Å². The summed E-state index contributed by atoms with van der Waals surface area (Å²) < 4.78 is 11.0. The van der Waals surface area contributed by atoms with Gasteiger partial charge in [-0.2, -0.15) is 0 Å². The van der Waals surface area contributed by atoms with Crippen molar-refractivity contribution in [1.82, 2.24) is 5.32 Å². The van der Waals surface area contributed by atoms with Crippen LogP contribution in [0.5, 0.6) is 0 Å². The number of nitrogens with one attached hydrogen (secondary N) is 1. The molecule has 34 heavy (non-hydrogen) atoms. The summed E-state index contributed by atoms with van der Waals surface area (Å²) in [5.74, 6) is -1.07. The number of carbonyl (C=O) groups excluding carboxylic acids is 2. The zero-order chi connectivity index (χ0) is 23.7. The Balaban J connectivity index is 1.29. The molecule has 2 heterocycles. The third kappa shape index (κ3) is 4.41. The Labute approximate surface area is 198 Å². The van der Waals surface area contributed by atoms with Crippen molar-refractivity contribution in [3.8, 4) is 0 Å². The Morgan fingerprint density at radius 1 is 1.12 bits per heavy atom. The molecule has 1 amide bonds. The molecule has 1 atom stereocenters. The fourth-order valence-electron chi connectivity index (χ4n) is 5.28. The number of ether oxygens (including phenoxy) is 1. The smallest absolute Gasteiger partial charge is 0.464 e. The quantitative estimate of drug-likeness (QED) is 0.487. The monoisotopic (exact) mass is 461 g/mol. The number of aryl methyl sites for hydroxylation is 1. The van der Waals surface area contributed by atoms with Crippen molar-refractivity contribution in [2.45, 2.75) is 44.5 Å². The second kappa shape index (κ2) is 9.37. The number of furan rings is 1. The fraction of sp³-hybridized carbons (Fsp3) is 0.385. The van der Waals surface area contributed by atoms with Crippen molar-refractivity contribution >= 4 is 29.8 Å². The van der Waals surface area contributed by atoms with Crippen LogP contribution in [0, 0.1) is 5.41 Å². The van der Waals surface area contributed by atoms with Crippen molar-refractivity contribution in [3.05, 3.63) is 71.0 Å². The van der Waals surface area contributed by atoms with Gasteiger partial charge in [0.15, 0.2) is 5.78 Å². The van der Waals surface area contributed by atoms with Gasteiger partial charge in [-0.25, -0.2) is 0 Å². The lowest BCUT2D eigenvalue weighted by Crippen LogP contribution is -2.48. The number of Topliss-reactive ketones (excluding diaryl/α,β-unsaturated/α-hetero) is 1. The molecule has 5 rings (SSSR count). The molecule has 2 aliphatic rings. The highest BCUT2D eigenvalue weighted by atomic mass is 16.5. The zero-order valence-electron chi connectivity index (χ0n) is 19.0. The third-order valence-corrected chi connectivity index (χ3v) is 7.30. The van der Waals surface area contributed by atoms with Gasteiger partial charge < -0.3 is 24.5 Å². The third-order valence-electron chi connectivity index (χ3n) is 7.30. The Morgan fingerprint density at radius 3 is 2.71 bits per heavy atom. The van der Waals surface area contributed by atoms with Crippen molar-refractivity contribution in [3.63, 3.8) is 0 Å². The molecule has 176 valence electrons. The van der Waals surface area contributed by atoms with Gasteiger partial charge in [0, 0.05) is 29.6 Å². The number of hydrogen-bond acceptors (Lipinski definition) is 6. The van der Waals surface area contributed by atoms with E-state index >= 15 is 0 Å². The largest absolute Gasteiger partial charge is 0.475 e. The number of amides is 1. The van der Waals surface area contributed by atoms with E-state index in [0.29, 0.717) is 24.4 Å². The summed E-state index contributed by atoms with van der Waals surface area (Å²) in [7, 11) is -1.73. The van der Waals surface area contributed by atoms with E-state index < -0.39 is 13.1 Å². The van der Waals surface area contributed by atoms with Crippen LogP contribution >= 0.6 is 0 Å². The fourth-order valence-corrected chi connectivity index (χ4v) is 5.28. The summed E-state index contributed by atoms with van der Waals surface area (Å²) in [6.45, 7) is 1.22. The molecule has 8 heteroatoms. The summed E-state index contributed by atoms with van der Waals surface area (Å²) in [6, 6.07) is 13.1. The van der Waals surface area contributed by atoms with Crippen molar-refractivity contribution < 1.29 is 28.8 Å². The van der Waals surface area contributed by atoms with E-state index in [1.807, 2.05) is 42.5 Å². The first kappa shape index (κ1) is 22.8. The Kier molecular flexibility index (Phi) is 6.29. The van der Waals surface area contributed by atoms with Gasteiger partial charge in [-0.05, 0) is 60.9 Å². The van der Waals surface area contributed by atoms with Crippen molar-refractivity contribution in [2.24, 2.45) is 5.41 Å². The van der Waals surface area contributed by atoms with Gasteiger partial charge in [-0.15, -0.1) is 0 Å². The molecule has 0 radical (unpaired) electrons. The molecule has 1 spiro atoms. The minimum absolute atomic E-state index is 0.0476. The van der Waals surface area contributed by atoms with Crippen LogP contribution in [-0.2, 0) is 28.8 Å². The normalized spacial score (nSPS) is 18.0. The van der Waals surface area contributed by atoms with Crippen LogP contribution in [0.15, 0.2) is 53.1 Å². The predicted octanol–water partition coefficient (Wildman–Crippen LogP) is 2.64. The first-order valence-electron chi connectivity index (χ1n) is 11.8. The number of carbonyl (C=O) groups is 2. The molecule has 2 aromatic carbocycles.